The van der Waals surface area contributed by atoms with Gasteiger partial charge < -0.3 is 9.88 Å². The number of benzene rings is 1. The highest BCUT2D eigenvalue weighted by atomic mass is 19.1. The van der Waals surface area contributed by atoms with E-state index in [0.717, 1.165) is 0 Å². The third-order valence-corrected chi connectivity index (χ3v) is 3.87. The minimum atomic E-state index is -0.430. The predicted molar refractivity (Wildman–Crippen MR) is 94.0 cm³/mol. The molecule has 0 saturated heterocycles. The van der Waals surface area contributed by atoms with Gasteiger partial charge in [0.2, 0.25) is 0 Å². The zero-order valence-electron chi connectivity index (χ0n) is 13.9. The fourth-order valence-electron chi connectivity index (χ4n) is 2.69. The van der Waals surface area contributed by atoms with Crippen LogP contribution in [0.15, 0.2) is 67.3 Å². The molecule has 0 fully saturated rings. The number of para-hydroxylation sites is 1. The topological polar surface area (TPSA) is 69.7 Å². The van der Waals surface area contributed by atoms with E-state index in [1.807, 2.05) is 12.1 Å². The summed E-state index contributed by atoms with van der Waals surface area (Å²) < 4.78 is 19.0. The van der Waals surface area contributed by atoms with Gasteiger partial charge in [0.25, 0.3) is 5.91 Å². The normalized spacial score (nSPS) is 10.8. The van der Waals surface area contributed by atoms with E-state index in [0.29, 0.717) is 17.2 Å². The van der Waals surface area contributed by atoms with Gasteiger partial charge in [-0.15, -0.1) is 0 Å². The van der Waals surface area contributed by atoms with Crippen LogP contribution in [0.2, 0.25) is 0 Å². The zero-order valence-corrected chi connectivity index (χ0v) is 13.9. The molecular weight excluding hydrogens is 335 g/mol. The molecule has 26 heavy (non-hydrogen) atoms. The van der Waals surface area contributed by atoms with Crippen LogP contribution in [0.5, 0.6) is 0 Å². The average molecular weight is 350 g/mol. The van der Waals surface area contributed by atoms with Crippen LogP contribution in [0.4, 0.5) is 10.2 Å². The SMILES string of the molecule is Cn1ccc(NC(=O)c2cnn(-c3ccccc3F)c2-n2cccc2)n1. The number of hydrogen-bond donors (Lipinski definition) is 1. The maximum absolute atomic E-state index is 14.3. The third kappa shape index (κ3) is 2.77. The number of aryl methyl sites for hydroxylation is 1. The second-order valence-electron chi connectivity index (χ2n) is 5.66. The van der Waals surface area contributed by atoms with Crippen LogP contribution in [0.25, 0.3) is 11.5 Å². The van der Waals surface area contributed by atoms with Crippen LogP contribution in [0.1, 0.15) is 10.4 Å². The van der Waals surface area contributed by atoms with E-state index >= 15 is 0 Å². The van der Waals surface area contributed by atoms with Crippen molar-refractivity contribution in [3.05, 3.63) is 78.6 Å². The highest BCUT2D eigenvalue weighted by Gasteiger charge is 2.21. The van der Waals surface area contributed by atoms with Crippen LogP contribution in [-0.2, 0) is 7.05 Å². The van der Waals surface area contributed by atoms with Crippen molar-refractivity contribution in [2.75, 3.05) is 5.32 Å². The molecule has 1 aromatic carbocycles. The van der Waals surface area contributed by atoms with E-state index in [-0.39, 0.29) is 11.6 Å². The summed E-state index contributed by atoms with van der Waals surface area (Å²) in [7, 11) is 1.76. The molecule has 3 heterocycles. The Morgan fingerprint density at radius 1 is 1.08 bits per heavy atom. The van der Waals surface area contributed by atoms with Gasteiger partial charge >= 0.3 is 0 Å². The van der Waals surface area contributed by atoms with Crippen LogP contribution >= 0.6 is 0 Å². The molecule has 7 nitrogen and oxygen atoms in total. The molecule has 0 radical (unpaired) electrons. The number of hydrogen-bond acceptors (Lipinski definition) is 3. The van der Waals surface area contributed by atoms with Gasteiger partial charge in [0.1, 0.15) is 17.1 Å². The number of rotatable bonds is 4. The molecule has 8 heteroatoms. The molecule has 0 aliphatic carbocycles. The Labute approximate surface area is 148 Å². The van der Waals surface area contributed by atoms with Gasteiger partial charge in [-0.25, -0.2) is 9.07 Å². The standard InChI is InChI=1S/C18H15FN6O/c1-23-11-8-16(22-23)21-17(26)13-12-20-25(15-7-3-2-6-14(15)19)18(13)24-9-4-5-10-24/h2-12H,1H3,(H,21,22,26). The molecule has 0 bridgehead atoms. The lowest BCUT2D eigenvalue weighted by Gasteiger charge is -2.11. The summed E-state index contributed by atoms with van der Waals surface area (Å²) in [6.07, 6.45) is 6.68. The summed E-state index contributed by atoms with van der Waals surface area (Å²) in [4.78, 5) is 12.7. The number of aromatic nitrogens is 5. The lowest BCUT2D eigenvalue weighted by Crippen LogP contribution is -2.16. The molecular formula is C18H15FN6O. The molecule has 130 valence electrons. The van der Waals surface area contributed by atoms with Gasteiger partial charge in [-0.05, 0) is 24.3 Å². The van der Waals surface area contributed by atoms with Gasteiger partial charge in [-0.1, -0.05) is 12.1 Å². The van der Waals surface area contributed by atoms with Crippen molar-refractivity contribution >= 4 is 11.7 Å². The molecule has 0 aliphatic heterocycles. The highest BCUT2D eigenvalue weighted by molar-refractivity contribution is 6.06. The molecule has 1 amide bonds. The molecule has 1 N–H and O–H groups in total. The quantitative estimate of drug-likeness (QED) is 0.615. The average Bonchev–Trinajstić information content (AvgIpc) is 3.35. The third-order valence-electron chi connectivity index (χ3n) is 3.87. The fourth-order valence-corrected chi connectivity index (χ4v) is 2.69. The highest BCUT2D eigenvalue weighted by Crippen LogP contribution is 2.22. The van der Waals surface area contributed by atoms with Gasteiger partial charge in [0.05, 0.1) is 6.20 Å². The first-order chi connectivity index (χ1) is 12.6. The molecule has 0 saturated carbocycles. The van der Waals surface area contributed by atoms with Gasteiger partial charge in [0, 0.05) is 31.7 Å². The number of halogens is 1. The Kier molecular flexibility index (Phi) is 3.85. The van der Waals surface area contributed by atoms with E-state index in [9.17, 15) is 9.18 Å². The first kappa shape index (κ1) is 15.8. The van der Waals surface area contributed by atoms with Crippen LogP contribution in [0.3, 0.4) is 0 Å². The van der Waals surface area contributed by atoms with Crippen LogP contribution in [-0.4, -0.2) is 30.0 Å². The summed E-state index contributed by atoms with van der Waals surface area (Å²) in [5, 5.41) is 11.1. The summed E-state index contributed by atoms with van der Waals surface area (Å²) in [5.41, 5.74) is 0.559. The summed E-state index contributed by atoms with van der Waals surface area (Å²) >= 11 is 0. The molecule has 0 unspecified atom stereocenters. The summed E-state index contributed by atoms with van der Waals surface area (Å²) in [5.74, 6) is 0.0545. The van der Waals surface area contributed by atoms with Gasteiger partial charge in [0.15, 0.2) is 11.6 Å². The molecule has 0 atom stereocenters. The van der Waals surface area contributed by atoms with Gasteiger partial charge in [-0.3, -0.25) is 9.48 Å². The summed E-state index contributed by atoms with van der Waals surface area (Å²) in [6, 6.07) is 11.6. The second kappa shape index (κ2) is 6.32. The Bertz CT molecular complexity index is 1060. The monoisotopic (exact) mass is 350 g/mol. The fraction of sp³-hybridized carbons (Fsp3) is 0.0556. The largest absolute Gasteiger partial charge is 0.308 e. The molecule has 4 rings (SSSR count). The summed E-state index contributed by atoms with van der Waals surface area (Å²) in [6.45, 7) is 0. The minimum absolute atomic E-state index is 0.257. The van der Waals surface area contributed by atoms with Crippen molar-refractivity contribution in [2.24, 2.45) is 7.05 Å². The number of anilines is 1. The van der Waals surface area contributed by atoms with E-state index in [1.165, 1.54) is 16.9 Å². The lowest BCUT2D eigenvalue weighted by molar-refractivity contribution is 0.102. The van der Waals surface area contributed by atoms with Crippen molar-refractivity contribution in [3.8, 4) is 11.5 Å². The van der Waals surface area contributed by atoms with Crippen molar-refractivity contribution < 1.29 is 9.18 Å². The number of carbonyl (C=O) groups excluding carboxylic acids is 1. The Hall–Kier alpha value is -3.68. The first-order valence-electron chi connectivity index (χ1n) is 7.91. The van der Waals surface area contributed by atoms with Crippen molar-refractivity contribution in [1.29, 1.82) is 0 Å². The van der Waals surface area contributed by atoms with Crippen molar-refractivity contribution in [1.82, 2.24) is 24.1 Å². The predicted octanol–water partition coefficient (Wildman–Crippen LogP) is 2.79. The maximum atomic E-state index is 14.3. The second-order valence-corrected chi connectivity index (χ2v) is 5.66. The van der Waals surface area contributed by atoms with Gasteiger partial charge in [-0.2, -0.15) is 10.2 Å². The van der Waals surface area contributed by atoms with Crippen molar-refractivity contribution in [3.63, 3.8) is 0 Å². The molecule has 4 aromatic rings. The molecule has 0 spiro atoms. The van der Waals surface area contributed by atoms with E-state index in [2.05, 4.69) is 15.5 Å². The minimum Gasteiger partial charge on any atom is -0.308 e. The van der Waals surface area contributed by atoms with Crippen LogP contribution < -0.4 is 5.32 Å². The lowest BCUT2D eigenvalue weighted by atomic mass is 10.2. The van der Waals surface area contributed by atoms with E-state index in [4.69, 9.17) is 0 Å². The maximum Gasteiger partial charge on any atom is 0.262 e. The smallest absolute Gasteiger partial charge is 0.262 e. The number of nitrogens with zero attached hydrogens (tertiary/aromatic N) is 5. The zero-order chi connectivity index (χ0) is 18.1. The number of nitrogens with one attached hydrogen (secondary N) is 1. The Balaban J connectivity index is 1.81. The molecule has 3 aromatic heterocycles. The van der Waals surface area contributed by atoms with Crippen LogP contribution in [0, 0.1) is 5.82 Å². The Morgan fingerprint density at radius 2 is 1.85 bits per heavy atom. The Morgan fingerprint density at radius 3 is 2.54 bits per heavy atom. The first-order valence-corrected chi connectivity index (χ1v) is 7.91. The van der Waals surface area contributed by atoms with Crippen molar-refractivity contribution in [2.45, 2.75) is 0 Å². The number of amides is 1. The van der Waals surface area contributed by atoms with E-state index in [1.54, 1.807) is 59.2 Å². The molecule has 0 aliphatic rings. The van der Waals surface area contributed by atoms with E-state index < -0.39 is 5.82 Å². The number of carbonyl (C=O) groups is 1.